The quantitative estimate of drug-likeness (QED) is 0.799. The molecule has 6 heteroatoms. The second-order valence-corrected chi connectivity index (χ2v) is 7.72. The van der Waals surface area contributed by atoms with Crippen LogP contribution < -0.4 is 4.72 Å². The number of hydrogen-bond donors (Lipinski definition) is 1. The molecule has 1 aliphatic rings. The molecule has 1 saturated carbocycles. The van der Waals surface area contributed by atoms with Crippen LogP contribution in [0.25, 0.3) is 0 Å². The lowest BCUT2D eigenvalue weighted by Crippen LogP contribution is -2.30. The van der Waals surface area contributed by atoms with Crippen LogP contribution in [0.15, 0.2) is 29.2 Å². The van der Waals surface area contributed by atoms with Crippen molar-refractivity contribution in [2.24, 2.45) is 5.41 Å². The third-order valence-electron chi connectivity index (χ3n) is 3.33. The zero-order valence-electron chi connectivity index (χ0n) is 9.83. The minimum atomic E-state index is -3.44. The largest absolute Gasteiger partial charge is 0.240 e. The molecule has 0 spiro atoms. The molecule has 1 fully saturated rings. The zero-order chi connectivity index (χ0) is 13.2. The van der Waals surface area contributed by atoms with Crippen molar-refractivity contribution in [2.75, 3.05) is 11.9 Å². The Balaban J connectivity index is 2.04. The van der Waals surface area contributed by atoms with Crippen molar-refractivity contribution in [3.8, 4) is 0 Å². The minimum absolute atomic E-state index is 0.162. The minimum Gasteiger partial charge on any atom is -0.211 e. The van der Waals surface area contributed by atoms with E-state index in [1.165, 1.54) is 6.07 Å². The van der Waals surface area contributed by atoms with Gasteiger partial charge >= 0.3 is 0 Å². The van der Waals surface area contributed by atoms with Gasteiger partial charge in [-0.3, -0.25) is 0 Å². The molecule has 1 aliphatic carbocycles. The number of nitrogens with one attached hydrogen (secondary N) is 1. The molecule has 18 heavy (non-hydrogen) atoms. The number of sulfonamides is 1. The van der Waals surface area contributed by atoms with Crippen LogP contribution in [0.5, 0.6) is 0 Å². The summed E-state index contributed by atoms with van der Waals surface area (Å²) in [4.78, 5) is 0.227. The van der Waals surface area contributed by atoms with Crippen LogP contribution in [0.3, 0.4) is 0 Å². The SMILES string of the molecule is O=S(=O)(NCC1(CCBr)CC1)c1cccc(Cl)c1. The van der Waals surface area contributed by atoms with Crippen LogP contribution in [-0.2, 0) is 10.0 Å². The lowest BCUT2D eigenvalue weighted by Gasteiger charge is -2.14. The Morgan fingerprint density at radius 3 is 2.67 bits per heavy atom. The molecule has 2 rings (SSSR count). The fraction of sp³-hybridized carbons (Fsp3) is 0.500. The van der Waals surface area contributed by atoms with E-state index in [0.29, 0.717) is 11.6 Å². The van der Waals surface area contributed by atoms with Gasteiger partial charge in [-0.2, -0.15) is 0 Å². The molecular formula is C12H15BrClNO2S. The second kappa shape index (κ2) is 5.49. The monoisotopic (exact) mass is 351 g/mol. The number of hydrogen-bond acceptors (Lipinski definition) is 2. The van der Waals surface area contributed by atoms with E-state index in [9.17, 15) is 8.42 Å². The van der Waals surface area contributed by atoms with E-state index < -0.39 is 10.0 Å². The van der Waals surface area contributed by atoms with Gasteiger partial charge in [-0.05, 0) is 42.9 Å². The summed E-state index contributed by atoms with van der Waals surface area (Å²) in [6.07, 6.45) is 3.19. The van der Waals surface area contributed by atoms with E-state index in [1.54, 1.807) is 18.2 Å². The van der Waals surface area contributed by atoms with Gasteiger partial charge in [-0.25, -0.2) is 13.1 Å². The first-order valence-electron chi connectivity index (χ1n) is 5.79. The smallest absolute Gasteiger partial charge is 0.211 e. The Hall–Kier alpha value is -0.100. The second-order valence-electron chi connectivity index (χ2n) is 4.72. The number of rotatable bonds is 6. The van der Waals surface area contributed by atoms with Crippen molar-refractivity contribution in [3.05, 3.63) is 29.3 Å². The van der Waals surface area contributed by atoms with E-state index >= 15 is 0 Å². The Morgan fingerprint density at radius 2 is 2.11 bits per heavy atom. The molecule has 0 unspecified atom stereocenters. The highest BCUT2D eigenvalue weighted by atomic mass is 79.9. The number of benzene rings is 1. The van der Waals surface area contributed by atoms with Gasteiger partial charge in [0.05, 0.1) is 4.90 Å². The number of halogens is 2. The summed E-state index contributed by atoms with van der Waals surface area (Å²) in [6, 6.07) is 6.32. The van der Waals surface area contributed by atoms with E-state index in [4.69, 9.17) is 11.6 Å². The maximum absolute atomic E-state index is 12.1. The molecule has 0 aromatic heterocycles. The molecule has 1 N–H and O–H groups in total. The summed E-state index contributed by atoms with van der Waals surface area (Å²) in [5.74, 6) is 0. The van der Waals surface area contributed by atoms with Crippen molar-refractivity contribution in [1.29, 1.82) is 0 Å². The molecule has 0 atom stereocenters. The first-order chi connectivity index (χ1) is 8.47. The van der Waals surface area contributed by atoms with Crippen LogP contribution in [0.4, 0.5) is 0 Å². The molecule has 0 bridgehead atoms. The average Bonchev–Trinajstić information content (AvgIpc) is 3.08. The average molecular weight is 353 g/mol. The van der Waals surface area contributed by atoms with Gasteiger partial charge in [-0.1, -0.05) is 33.6 Å². The van der Waals surface area contributed by atoms with Gasteiger partial charge in [0.15, 0.2) is 0 Å². The molecule has 0 aliphatic heterocycles. The summed E-state index contributed by atoms with van der Waals surface area (Å²) in [7, 11) is -3.44. The van der Waals surface area contributed by atoms with E-state index in [2.05, 4.69) is 20.7 Å². The van der Waals surface area contributed by atoms with E-state index in [0.717, 1.165) is 24.6 Å². The van der Waals surface area contributed by atoms with Gasteiger partial charge < -0.3 is 0 Å². The molecule has 100 valence electrons. The molecule has 1 aromatic carbocycles. The van der Waals surface area contributed by atoms with Gasteiger partial charge in [0.1, 0.15) is 0 Å². The molecular weight excluding hydrogens is 338 g/mol. The molecule has 0 amide bonds. The Bertz CT molecular complexity index is 529. The van der Waals surface area contributed by atoms with Gasteiger partial charge in [-0.15, -0.1) is 0 Å². The Labute approximate surface area is 121 Å². The predicted octanol–water partition coefficient (Wildman–Crippen LogP) is 3.18. The lowest BCUT2D eigenvalue weighted by atomic mass is 10.1. The predicted molar refractivity (Wildman–Crippen MR) is 76.7 cm³/mol. The van der Waals surface area contributed by atoms with Crippen LogP contribution in [0, 0.1) is 5.41 Å². The van der Waals surface area contributed by atoms with Gasteiger partial charge in [0, 0.05) is 16.9 Å². The summed E-state index contributed by atoms with van der Waals surface area (Å²) < 4.78 is 26.8. The molecule has 3 nitrogen and oxygen atoms in total. The fourth-order valence-corrected chi connectivity index (χ4v) is 4.16. The standard InChI is InChI=1S/C12H15BrClNO2S/c13-7-6-12(4-5-12)9-15-18(16,17)11-3-1-2-10(14)8-11/h1-3,8,15H,4-7,9H2. The molecule has 0 saturated heterocycles. The Kier molecular flexibility index (Phi) is 4.36. The van der Waals surface area contributed by atoms with Crippen molar-refractivity contribution in [1.82, 2.24) is 4.72 Å². The van der Waals surface area contributed by atoms with Crippen LogP contribution in [0.2, 0.25) is 5.02 Å². The normalized spacial score (nSPS) is 17.7. The zero-order valence-corrected chi connectivity index (χ0v) is 13.0. The fourth-order valence-electron chi connectivity index (χ4n) is 1.86. The van der Waals surface area contributed by atoms with Crippen LogP contribution in [0.1, 0.15) is 19.3 Å². The highest BCUT2D eigenvalue weighted by Crippen LogP contribution is 2.48. The molecule has 0 radical (unpaired) electrons. The van der Waals surface area contributed by atoms with Crippen molar-refractivity contribution in [3.63, 3.8) is 0 Å². The molecule has 0 heterocycles. The third kappa shape index (κ3) is 3.47. The maximum Gasteiger partial charge on any atom is 0.240 e. The molecule has 1 aromatic rings. The summed E-state index contributed by atoms with van der Waals surface area (Å²) in [6.45, 7) is 0.507. The van der Waals surface area contributed by atoms with Crippen LogP contribution in [-0.4, -0.2) is 20.3 Å². The maximum atomic E-state index is 12.1. The third-order valence-corrected chi connectivity index (χ3v) is 5.36. The summed E-state index contributed by atoms with van der Waals surface area (Å²) in [5, 5.41) is 1.34. The lowest BCUT2D eigenvalue weighted by molar-refractivity contribution is 0.480. The van der Waals surface area contributed by atoms with Crippen molar-refractivity contribution in [2.45, 2.75) is 24.2 Å². The van der Waals surface area contributed by atoms with Crippen LogP contribution >= 0.6 is 27.5 Å². The number of alkyl halides is 1. The van der Waals surface area contributed by atoms with Gasteiger partial charge in [0.25, 0.3) is 0 Å². The van der Waals surface area contributed by atoms with E-state index in [1.807, 2.05) is 0 Å². The Morgan fingerprint density at radius 1 is 1.39 bits per heavy atom. The van der Waals surface area contributed by atoms with Crippen molar-refractivity contribution < 1.29 is 8.42 Å². The summed E-state index contributed by atoms with van der Waals surface area (Å²) >= 11 is 9.21. The highest BCUT2D eigenvalue weighted by Gasteiger charge is 2.42. The highest BCUT2D eigenvalue weighted by molar-refractivity contribution is 9.09. The first kappa shape index (κ1) is 14.3. The topological polar surface area (TPSA) is 46.2 Å². The summed E-state index contributed by atoms with van der Waals surface area (Å²) in [5.41, 5.74) is 0.162. The van der Waals surface area contributed by atoms with Gasteiger partial charge in [0.2, 0.25) is 10.0 Å². The van der Waals surface area contributed by atoms with Crippen molar-refractivity contribution >= 4 is 37.6 Å². The van der Waals surface area contributed by atoms with E-state index in [-0.39, 0.29) is 10.3 Å². The first-order valence-corrected chi connectivity index (χ1v) is 8.77.